The monoisotopic (exact) mass is 221 g/mol. The van der Waals surface area contributed by atoms with E-state index >= 15 is 0 Å². The van der Waals surface area contributed by atoms with Crippen LogP contribution in [0.4, 0.5) is 11.4 Å². The lowest BCUT2D eigenvalue weighted by atomic mass is 10.1. The van der Waals surface area contributed by atoms with E-state index in [0.29, 0.717) is 5.92 Å². The quantitative estimate of drug-likeness (QED) is 0.612. The molecule has 0 saturated carbocycles. The highest BCUT2D eigenvalue weighted by atomic mass is 32.1. The predicted octanol–water partition coefficient (Wildman–Crippen LogP) is 3.27. The molecular weight excluding hydrogens is 206 g/mol. The summed E-state index contributed by atoms with van der Waals surface area (Å²) in [6.45, 7) is 5.35. The zero-order chi connectivity index (χ0) is 11.1. The first-order valence-corrected chi connectivity index (χ1v) is 5.40. The first kappa shape index (κ1) is 11.8. The maximum absolute atomic E-state index is 4.53. The third-order valence-corrected chi connectivity index (χ3v) is 2.04. The first-order chi connectivity index (χ1) is 7.22. The summed E-state index contributed by atoms with van der Waals surface area (Å²) in [6, 6.07) is 1.91. The van der Waals surface area contributed by atoms with Crippen molar-refractivity contribution in [3.05, 3.63) is 18.5 Å². The van der Waals surface area contributed by atoms with Gasteiger partial charge in [0.25, 0.3) is 0 Å². The van der Waals surface area contributed by atoms with E-state index in [2.05, 4.69) is 46.5 Å². The van der Waals surface area contributed by atoms with E-state index in [1.165, 1.54) is 0 Å². The standard InChI is InChI=1S/C11H15N3S/c1-9(2)3-4-13-10-5-11(14-8-15)7-12-6-10/h5-7,9,13H,3-4H2,1-2H3. The van der Waals surface area contributed by atoms with Gasteiger partial charge in [-0.3, -0.25) is 4.98 Å². The van der Waals surface area contributed by atoms with Crippen molar-refractivity contribution in [3.63, 3.8) is 0 Å². The summed E-state index contributed by atoms with van der Waals surface area (Å²) in [5.41, 5.74) is 1.71. The van der Waals surface area contributed by atoms with Crippen LogP contribution in [0.5, 0.6) is 0 Å². The Kier molecular flexibility index (Phi) is 4.95. The lowest BCUT2D eigenvalue weighted by Gasteiger charge is -2.07. The average Bonchev–Trinajstić information content (AvgIpc) is 2.18. The minimum Gasteiger partial charge on any atom is -0.384 e. The molecule has 0 unspecified atom stereocenters. The second-order valence-corrected chi connectivity index (χ2v) is 3.93. The topological polar surface area (TPSA) is 37.3 Å². The van der Waals surface area contributed by atoms with Gasteiger partial charge >= 0.3 is 0 Å². The van der Waals surface area contributed by atoms with E-state index < -0.39 is 0 Å². The molecule has 0 spiro atoms. The number of isothiocyanates is 1. The maximum atomic E-state index is 4.53. The van der Waals surface area contributed by atoms with Crippen molar-refractivity contribution in [2.24, 2.45) is 10.9 Å². The van der Waals surface area contributed by atoms with Crippen LogP contribution in [0, 0.1) is 5.92 Å². The van der Waals surface area contributed by atoms with Gasteiger partial charge in [0, 0.05) is 6.54 Å². The van der Waals surface area contributed by atoms with Crippen molar-refractivity contribution in [3.8, 4) is 0 Å². The number of nitrogens with one attached hydrogen (secondary N) is 1. The van der Waals surface area contributed by atoms with Crippen molar-refractivity contribution in [1.29, 1.82) is 0 Å². The molecular formula is C11H15N3S. The fraction of sp³-hybridized carbons (Fsp3) is 0.455. The van der Waals surface area contributed by atoms with Crippen molar-refractivity contribution in [2.75, 3.05) is 11.9 Å². The van der Waals surface area contributed by atoms with Crippen LogP contribution in [0.3, 0.4) is 0 Å². The molecule has 0 radical (unpaired) electrons. The third kappa shape index (κ3) is 4.68. The van der Waals surface area contributed by atoms with E-state index in [-0.39, 0.29) is 0 Å². The van der Waals surface area contributed by atoms with Crippen LogP contribution in [0.15, 0.2) is 23.5 Å². The molecule has 0 aromatic carbocycles. The Morgan fingerprint density at radius 2 is 2.33 bits per heavy atom. The van der Waals surface area contributed by atoms with Gasteiger partial charge in [-0.2, -0.15) is 4.99 Å². The molecule has 1 heterocycles. The highest BCUT2D eigenvalue weighted by Gasteiger charge is 1.96. The fourth-order valence-corrected chi connectivity index (χ4v) is 1.25. The molecule has 1 rings (SSSR count). The van der Waals surface area contributed by atoms with E-state index in [4.69, 9.17) is 0 Å². The number of hydrogen-bond donors (Lipinski definition) is 1. The van der Waals surface area contributed by atoms with Crippen LogP contribution in [0.25, 0.3) is 0 Å². The fourth-order valence-electron chi connectivity index (χ4n) is 1.14. The number of anilines is 1. The summed E-state index contributed by atoms with van der Waals surface area (Å²) in [5, 5.41) is 5.62. The molecule has 0 aliphatic heterocycles. The molecule has 1 N–H and O–H groups in total. The van der Waals surface area contributed by atoms with Crippen molar-refractivity contribution >= 4 is 28.8 Å². The molecule has 1 aromatic rings. The van der Waals surface area contributed by atoms with Gasteiger partial charge in [0.05, 0.1) is 28.9 Å². The molecule has 15 heavy (non-hydrogen) atoms. The second kappa shape index (κ2) is 6.27. The summed E-state index contributed by atoms with van der Waals surface area (Å²) in [7, 11) is 0. The first-order valence-electron chi connectivity index (χ1n) is 4.99. The molecule has 0 atom stereocenters. The second-order valence-electron chi connectivity index (χ2n) is 3.74. The molecule has 0 aliphatic rings. The third-order valence-electron chi connectivity index (χ3n) is 1.95. The Morgan fingerprint density at radius 3 is 3.00 bits per heavy atom. The number of thiocarbonyl (C=S) groups is 1. The van der Waals surface area contributed by atoms with E-state index in [9.17, 15) is 0 Å². The largest absolute Gasteiger partial charge is 0.384 e. The Balaban J connectivity index is 2.54. The molecule has 3 nitrogen and oxygen atoms in total. The predicted molar refractivity (Wildman–Crippen MR) is 66.9 cm³/mol. The van der Waals surface area contributed by atoms with Crippen LogP contribution < -0.4 is 5.32 Å². The smallest absolute Gasteiger partial charge is 0.0943 e. The van der Waals surface area contributed by atoms with E-state index in [0.717, 1.165) is 24.3 Å². The zero-order valence-electron chi connectivity index (χ0n) is 9.03. The number of aliphatic imine (C=N–C) groups is 1. The molecule has 0 fully saturated rings. The Labute approximate surface area is 95.6 Å². The number of hydrogen-bond acceptors (Lipinski definition) is 4. The summed E-state index contributed by atoms with van der Waals surface area (Å²) in [5.74, 6) is 0.702. The normalized spacial score (nSPS) is 9.80. The lowest BCUT2D eigenvalue weighted by Crippen LogP contribution is -2.04. The van der Waals surface area contributed by atoms with E-state index in [1.54, 1.807) is 12.4 Å². The minimum absolute atomic E-state index is 0.702. The highest BCUT2D eigenvalue weighted by molar-refractivity contribution is 7.78. The van der Waals surface area contributed by atoms with Gasteiger partial charge in [-0.05, 0) is 30.6 Å². The van der Waals surface area contributed by atoms with Gasteiger partial charge in [-0.1, -0.05) is 13.8 Å². The molecule has 4 heteroatoms. The van der Waals surface area contributed by atoms with Crippen molar-refractivity contribution < 1.29 is 0 Å². The van der Waals surface area contributed by atoms with Gasteiger partial charge < -0.3 is 5.32 Å². The van der Waals surface area contributed by atoms with Gasteiger partial charge in [0.1, 0.15) is 0 Å². The summed E-state index contributed by atoms with van der Waals surface area (Å²) in [4.78, 5) is 7.93. The van der Waals surface area contributed by atoms with Crippen LogP contribution in [-0.2, 0) is 0 Å². The Morgan fingerprint density at radius 1 is 1.53 bits per heavy atom. The van der Waals surface area contributed by atoms with Crippen LogP contribution in [-0.4, -0.2) is 16.7 Å². The van der Waals surface area contributed by atoms with Crippen molar-refractivity contribution in [2.45, 2.75) is 20.3 Å². The van der Waals surface area contributed by atoms with Gasteiger partial charge in [-0.15, -0.1) is 0 Å². The number of pyridine rings is 1. The Bertz CT molecular complexity index is 357. The number of rotatable bonds is 5. The molecule has 1 aromatic heterocycles. The van der Waals surface area contributed by atoms with Gasteiger partial charge in [0.15, 0.2) is 0 Å². The van der Waals surface area contributed by atoms with Crippen LogP contribution in [0.1, 0.15) is 20.3 Å². The minimum atomic E-state index is 0.702. The summed E-state index contributed by atoms with van der Waals surface area (Å²) in [6.07, 6.45) is 4.58. The average molecular weight is 221 g/mol. The van der Waals surface area contributed by atoms with Crippen LogP contribution >= 0.6 is 12.2 Å². The van der Waals surface area contributed by atoms with Crippen LogP contribution in [0.2, 0.25) is 0 Å². The summed E-state index contributed by atoms with van der Waals surface area (Å²) >= 11 is 4.53. The summed E-state index contributed by atoms with van der Waals surface area (Å²) < 4.78 is 0. The van der Waals surface area contributed by atoms with Gasteiger partial charge in [0.2, 0.25) is 0 Å². The van der Waals surface area contributed by atoms with E-state index in [1.807, 2.05) is 6.07 Å². The molecule has 0 bridgehead atoms. The molecule has 0 saturated heterocycles. The number of nitrogens with zero attached hydrogens (tertiary/aromatic N) is 2. The maximum Gasteiger partial charge on any atom is 0.0943 e. The van der Waals surface area contributed by atoms with Crippen molar-refractivity contribution in [1.82, 2.24) is 4.98 Å². The Hall–Kier alpha value is -1.25. The number of aromatic nitrogens is 1. The highest BCUT2D eigenvalue weighted by Crippen LogP contribution is 2.15. The molecule has 0 amide bonds. The molecule has 0 aliphatic carbocycles. The molecule has 80 valence electrons. The van der Waals surface area contributed by atoms with Gasteiger partial charge in [-0.25, -0.2) is 0 Å². The zero-order valence-corrected chi connectivity index (χ0v) is 9.84. The lowest BCUT2D eigenvalue weighted by molar-refractivity contribution is 0.607. The SMILES string of the molecule is CC(C)CCNc1cncc(N=C=S)c1.